The van der Waals surface area contributed by atoms with Gasteiger partial charge in [-0.25, -0.2) is 17.5 Å². The summed E-state index contributed by atoms with van der Waals surface area (Å²) >= 11 is 12.0. The number of nitrogens with zero attached hydrogens (tertiary/aromatic N) is 3. The minimum Gasteiger partial charge on any atom is -0.469 e. The Morgan fingerprint density at radius 1 is 1.17 bits per heavy atom. The van der Waals surface area contributed by atoms with Gasteiger partial charge in [0.1, 0.15) is 5.82 Å². The van der Waals surface area contributed by atoms with E-state index in [1.165, 1.54) is 41.7 Å². The Morgan fingerprint density at radius 2 is 1.91 bits per heavy atom. The van der Waals surface area contributed by atoms with Gasteiger partial charge in [-0.2, -0.15) is 9.40 Å². The van der Waals surface area contributed by atoms with Crippen LogP contribution in [0.15, 0.2) is 53.6 Å². The second-order valence-electron chi connectivity index (χ2n) is 8.93. The Balaban J connectivity index is 1.51. The maximum absolute atomic E-state index is 13.5. The highest BCUT2D eigenvalue weighted by Crippen LogP contribution is 2.47. The second kappa shape index (κ2) is 8.89. The van der Waals surface area contributed by atoms with Crippen molar-refractivity contribution in [3.63, 3.8) is 0 Å². The first kappa shape index (κ1) is 24.2. The molecule has 7 nitrogen and oxygen atoms in total. The van der Waals surface area contributed by atoms with Gasteiger partial charge in [-0.3, -0.25) is 4.79 Å². The summed E-state index contributed by atoms with van der Waals surface area (Å²) in [6, 6.07) is 10.2. The summed E-state index contributed by atoms with van der Waals surface area (Å²) in [6.07, 6.45) is 2.95. The highest BCUT2D eigenvalue weighted by Gasteiger charge is 2.55. The van der Waals surface area contributed by atoms with Crippen LogP contribution in [0, 0.1) is 17.2 Å². The third-order valence-corrected chi connectivity index (χ3v) is 9.64. The van der Waals surface area contributed by atoms with Gasteiger partial charge in [-0.1, -0.05) is 23.2 Å². The van der Waals surface area contributed by atoms with Crippen LogP contribution < -0.4 is 0 Å². The van der Waals surface area contributed by atoms with Gasteiger partial charge in [-0.05, 0) is 73.2 Å². The van der Waals surface area contributed by atoms with Crippen molar-refractivity contribution in [3.05, 3.63) is 75.8 Å². The van der Waals surface area contributed by atoms with Gasteiger partial charge in [0.15, 0.2) is 0 Å². The van der Waals surface area contributed by atoms with Crippen LogP contribution in [-0.2, 0) is 32.4 Å². The molecule has 2 aliphatic rings. The molecule has 1 aliphatic carbocycles. The summed E-state index contributed by atoms with van der Waals surface area (Å²) in [4.78, 5) is 13.2. The lowest BCUT2D eigenvalue weighted by atomic mass is 9.63. The van der Waals surface area contributed by atoms with Gasteiger partial charge in [0.05, 0.1) is 39.3 Å². The zero-order valence-corrected chi connectivity index (χ0v) is 21.1. The molecule has 0 N–H and O–H groups in total. The van der Waals surface area contributed by atoms with Crippen molar-refractivity contribution in [2.24, 2.45) is 11.3 Å². The molecule has 5 rings (SSSR count). The minimum atomic E-state index is -3.92. The van der Waals surface area contributed by atoms with Crippen molar-refractivity contribution in [1.29, 1.82) is 0 Å². The predicted octanol–water partition coefficient (Wildman–Crippen LogP) is 4.29. The summed E-state index contributed by atoms with van der Waals surface area (Å²) in [6.45, 7) is 0.222. The standard InChI is InChI=1S/C24H22Cl2FN3O4S/c1-34-23(31)24-12-15-13-28-30(18-4-2-17(27)3-5-18)22(15)10-16(24)8-9-29(14-24)35(32,33)19-6-7-20(25)21(26)11-19/h2-7,11,13,16H,8-10,12,14H2,1H3/t16-,24+/m0/s1. The Kier molecular flexibility index (Phi) is 6.15. The number of fused-ring (bicyclic) bond motifs is 2. The zero-order chi connectivity index (χ0) is 25.0. The number of carbonyl (C=O) groups excluding carboxylic acids is 1. The predicted molar refractivity (Wildman–Crippen MR) is 129 cm³/mol. The number of benzene rings is 2. The number of halogens is 3. The van der Waals surface area contributed by atoms with Crippen molar-refractivity contribution in [2.75, 3.05) is 20.2 Å². The lowest BCUT2D eigenvalue weighted by molar-refractivity contribution is -0.160. The number of aromatic nitrogens is 2. The molecule has 184 valence electrons. The maximum Gasteiger partial charge on any atom is 0.313 e. The number of sulfonamides is 1. The summed E-state index contributed by atoms with van der Waals surface area (Å²) in [5.41, 5.74) is 1.43. The number of piperidine rings is 1. The van der Waals surface area contributed by atoms with E-state index in [0.717, 1.165) is 16.9 Å². The van der Waals surface area contributed by atoms with Gasteiger partial charge >= 0.3 is 5.97 Å². The molecule has 2 atom stereocenters. The first-order valence-corrected chi connectivity index (χ1v) is 13.2. The molecule has 0 saturated carbocycles. The Hall–Kier alpha value is -2.46. The van der Waals surface area contributed by atoms with Gasteiger partial charge in [0.2, 0.25) is 10.0 Å². The molecule has 3 aromatic rings. The average molecular weight is 538 g/mol. The van der Waals surface area contributed by atoms with Crippen LogP contribution in [0.3, 0.4) is 0 Å². The monoisotopic (exact) mass is 537 g/mol. The minimum absolute atomic E-state index is 0.0194. The molecular weight excluding hydrogens is 516 g/mol. The number of ether oxygens (including phenoxy) is 1. The first-order valence-electron chi connectivity index (χ1n) is 11.0. The highest BCUT2D eigenvalue weighted by atomic mass is 35.5. The summed E-state index contributed by atoms with van der Waals surface area (Å²) in [7, 11) is -2.61. The summed E-state index contributed by atoms with van der Waals surface area (Å²) < 4.78 is 48.6. The Bertz CT molecular complexity index is 1410. The van der Waals surface area contributed by atoms with Crippen LogP contribution in [0.4, 0.5) is 4.39 Å². The molecule has 2 aromatic carbocycles. The number of hydrogen-bond donors (Lipinski definition) is 0. The van der Waals surface area contributed by atoms with E-state index >= 15 is 0 Å². The largest absolute Gasteiger partial charge is 0.469 e. The number of hydrogen-bond acceptors (Lipinski definition) is 5. The van der Waals surface area contributed by atoms with Gasteiger partial charge in [0.25, 0.3) is 0 Å². The van der Waals surface area contributed by atoms with Crippen LogP contribution in [0.1, 0.15) is 17.7 Å². The smallest absolute Gasteiger partial charge is 0.313 e. The van der Waals surface area contributed by atoms with Gasteiger partial charge in [0, 0.05) is 18.8 Å². The van der Waals surface area contributed by atoms with E-state index < -0.39 is 21.4 Å². The van der Waals surface area contributed by atoms with Crippen LogP contribution in [0.2, 0.25) is 10.0 Å². The highest BCUT2D eigenvalue weighted by molar-refractivity contribution is 7.89. The normalized spacial score (nSPS) is 22.3. The molecule has 1 saturated heterocycles. The SMILES string of the molecule is COC(=O)[C@@]12Cc3cnn(-c4ccc(F)cc4)c3C[C@@H]1CCN(S(=O)(=O)c1ccc(Cl)c(Cl)c1)C2. The quantitative estimate of drug-likeness (QED) is 0.463. The van der Waals surface area contributed by atoms with Gasteiger partial charge < -0.3 is 4.74 Å². The van der Waals surface area contributed by atoms with E-state index in [0.29, 0.717) is 12.8 Å². The fraction of sp³-hybridized carbons (Fsp3) is 0.333. The van der Waals surface area contributed by atoms with E-state index in [2.05, 4.69) is 5.10 Å². The van der Waals surface area contributed by atoms with Crippen LogP contribution in [-0.4, -0.2) is 48.7 Å². The summed E-state index contributed by atoms with van der Waals surface area (Å²) in [5, 5.41) is 4.89. The van der Waals surface area contributed by atoms with E-state index in [-0.39, 0.29) is 46.2 Å². The number of esters is 1. The van der Waals surface area contributed by atoms with Crippen molar-refractivity contribution in [1.82, 2.24) is 14.1 Å². The fourth-order valence-electron chi connectivity index (χ4n) is 5.25. The molecule has 2 heterocycles. The van der Waals surface area contributed by atoms with Crippen LogP contribution in [0.5, 0.6) is 0 Å². The third-order valence-electron chi connectivity index (χ3n) is 7.06. The van der Waals surface area contributed by atoms with Crippen LogP contribution in [0.25, 0.3) is 5.69 Å². The van der Waals surface area contributed by atoms with Crippen molar-refractivity contribution >= 4 is 39.2 Å². The molecule has 0 amide bonds. The van der Waals surface area contributed by atoms with E-state index in [1.807, 2.05) is 0 Å². The van der Waals surface area contributed by atoms with Crippen molar-refractivity contribution < 1.29 is 22.3 Å². The maximum atomic E-state index is 13.5. The topological polar surface area (TPSA) is 81.5 Å². The third kappa shape index (κ3) is 4.04. The van der Waals surface area contributed by atoms with E-state index in [1.54, 1.807) is 23.0 Å². The summed E-state index contributed by atoms with van der Waals surface area (Å²) in [5.74, 6) is -0.939. The molecule has 0 unspecified atom stereocenters. The van der Waals surface area contributed by atoms with E-state index in [9.17, 15) is 17.6 Å². The molecule has 35 heavy (non-hydrogen) atoms. The molecule has 0 radical (unpaired) electrons. The van der Waals surface area contributed by atoms with Crippen molar-refractivity contribution in [2.45, 2.75) is 24.2 Å². The number of rotatable bonds is 4. The fourth-order valence-corrected chi connectivity index (χ4v) is 7.16. The number of carbonyl (C=O) groups is 1. The molecule has 0 bridgehead atoms. The molecule has 1 fully saturated rings. The Morgan fingerprint density at radius 3 is 2.60 bits per heavy atom. The van der Waals surface area contributed by atoms with Crippen LogP contribution >= 0.6 is 23.2 Å². The van der Waals surface area contributed by atoms with Gasteiger partial charge in [-0.15, -0.1) is 0 Å². The average Bonchev–Trinajstić information content (AvgIpc) is 3.25. The molecule has 1 aliphatic heterocycles. The molecular formula is C24H22Cl2FN3O4S. The molecule has 11 heteroatoms. The lowest BCUT2D eigenvalue weighted by Gasteiger charge is -2.48. The zero-order valence-electron chi connectivity index (χ0n) is 18.7. The van der Waals surface area contributed by atoms with Crippen molar-refractivity contribution in [3.8, 4) is 5.69 Å². The second-order valence-corrected chi connectivity index (χ2v) is 11.7. The molecule has 0 spiro atoms. The lowest BCUT2D eigenvalue weighted by Crippen LogP contribution is -2.58. The first-order chi connectivity index (χ1) is 16.7. The molecule has 1 aromatic heterocycles. The Labute approximate surface area is 212 Å². The van der Waals surface area contributed by atoms with E-state index in [4.69, 9.17) is 27.9 Å². The number of methoxy groups -OCH3 is 1.